The van der Waals surface area contributed by atoms with Crippen LogP contribution < -0.4 is 16.0 Å². The molecular weight excluding hydrogens is 258 g/mol. The van der Waals surface area contributed by atoms with Gasteiger partial charge in [0.2, 0.25) is 5.91 Å². The number of amides is 1. The smallest absolute Gasteiger partial charge is 0.338 e. The molecule has 1 aliphatic heterocycles. The van der Waals surface area contributed by atoms with Gasteiger partial charge >= 0.3 is 5.97 Å². The average molecular weight is 277 g/mol. The largest absolute Gasteiger partial charge is 0.462 e. The third-order valence-electron chi connectivity index (χ3n) is 3.14. The van der Waals surface area contributed by atoms with Crippen LogP contribution in [0, 0.1) is 0 Å². The summed E-state index contributed by atoms with van der Waals surface area (Å²) in [5.41, 5.74) is 7.68. The van der Waals surface area contributed by atoms with E-state index in [-0.39, 0.29) is 18.4 Å². The molecule has 3 N–H and O–H groups in total. The van der Waals surface area contributed by atoms with Gasteiger partial charge in [-0.2, -0.15) is 0 Å². The second kappa shape index (κ2) is 6.27. The molecule has 0 atom stereocenters. The Kier molecular flexibility index (Phi) is 4.45. The number of nitrogen functional groups attached to an aromatic ring is 1. The standard InChI is InChI=1S/C14H19N3O3/c1-2-20-14(19)10-4-5-12(11(15)8-10)17-7-3-6-16-13(18)9-17/h4-5,8H,2-3,6-7,9,15H2,1H3,(H,16,18). The summed E-state index contributed by atoms with van der Waals surface area (Å²) in [4.78, 5) is 25.1. The van der Waals surface area contributed by atoms with Crippen LogP contribution in [-0.2, 0) is 9.53 Å². The maximum atomic E-state index is 11.6. The van der Waals surface area contributed by atoms with Crippen molar-refractivity contribution in [1.29, 1.82) is 0 Å². The lowest BCUT2D eigenvalue weighted by Gasteiger charge is -2.23. The first-order valence-electron chi connectivity index (χ1n) is 6.70. The summed E-state index contributed by atoms with van der Waals surface area (Å²) in [5, 5.41) is 2.81. The summed E-state index contributed by atoms with van der Waals surface area (Å²) in [6.45, 7) is 3.79. The maximum Gasteiger partial charge on any atom is 0.338 e. The lowest BCUT2D eigenvalue weighted by Crippen LogP contribution is -2.33. The predicted molar refractivity (Wildman–Crippen MR) is 76.7 cm³/mol. The van der Waals surface area contributed by atoms with Crippen molar-refractivity contribution in [3.8, 4) is 0 Å². The summed E-state index contributed by atoms with van der Waals surface area (Å²) in [7, 11) is 0. The highest BCUT2D eigenvalue weighted by molar-refractivity contribution is 5.92. The van der Waals surface area contributed by atoms with E-state index in [4.69, 9.17) is 10.5 Å². The molecule has 0 aliphatic carbocycles. The Balaban J connectivity index is 2.20. The second-order valence-electron chi connectivity index (χ2n) is 4.62. The number of ether oxygens (including phenoxy) is 1. The quantitative estimate of drug-likeness (QED) is 0.630. The van der Waals surface area contributed by atoms with E-state index < -0.39 is 0 Å². The summed E-state index contributed by atoms with van der Waals surface area (Å²) in [6.07, 6.45) is 0.866. The normalized spacial score (nSPS) is 15.4. The second-order valence-corrected chi connectivity index (χ2v) is 4.62. The van der Waals surface area contributed by atoms with E-state index in [9.17, 15) is 9.59 Å². The van der Waals surface area contributed by atoms with Crippen LogP contribution in [0.15, 0.2) is 18.2 Å². The number of nitrogens with one attached hydrogen (secondary N) is 1. The van der Waals surface area contributed by atoms with Crippen LogP contribution in [0.2, 0.25) is 0 Å². The minimum absolute atomic E-state index is 0.0173. The van der Waals surface area contributed by atoms with Gasteiger partial charge in [-0.25, -0.2) is 4.79 Å². The van der Waals surface area contributed by atoms with Crippen LogP contribution in [0.5, 0.6) is 0 Å². The van der Waals surface area contributed by atoms with Gasteiger partial charge in [-0.05, 0) is 31.5 Å². The van der Waals surface area contributed by atoms with Crippen molar-refractivity contribution >= 4 is 23.3 Å². The maximum absolute atomic E-state index is 11.6. The number of carbonyl (C=O) groups is 2. The molecule has 0 aromatic heterocycles. The van der Waals surface area contributed by atoms with Crippen LogP contribution in [0.25, 0.3) is 0 Å². The van der Waals surface area contributed by atoms with E-state index >= 15 is 0 Å². The number of rotatable bonds is 3. The fourth-order valence-corrected chi connectivity index (χ4v) is 2.20. The van der Waals surface area contributed by atoms with Crippen LogP contribution in [-0.4, -0.2) is 38.1 Å². The molecule has 1 aromatic carbocycles. The lowest BCUT2D eigenvalue weighted by atomic mass is 10.1. The number of benzene rings is 1. The van der Waals surface area contributed by atoms with Gasteiger partial charge in [0.1, 0.15) is 0 Å². The predicted octanol–water partition coefficient (Wildman–Crippen LogP) is 0.772. The molecule has 1 aromatic rings. The Bertz CT molecular complexity index is 516. The zero-order valence-corrected chi connectivity index (χ0v) is 11.5. The summed E-state index contributed by atoms with van der Waals surface area (Å²) >= 11 is 0. The van der Waals surface area contributed by atoms with Gasteiger partial charge in [-0.3, -0.25) is 4.79 Å². The third-order valence-corrected chi connectivity index (χ3v) is 3.14. The third kappa shape index (κ3) is 3.20. The highest BCUT2D eigenvalue weighted by Gasteiger charge is 2.18. The van der Waals surface area contributed by atoms with Crippen molar-refractivity contribution in [3.63, 3.8) is 0 Å². The van der Waals surface area contributed by atoms with Gasteiger partial charge in [0.25, 0.3) is 0 Å². The van der Waals surface area contributed by atoms with Gasteiger partial charge < -0.3 is 20.7 Å². The summed E-state index contributed by atoms with van der Waals surface area (Å²) in [5.74, 6) is -0.407. The van der Waals surface area contributed by atoms with Crippen LogP contribution in [0.4, 0.5) is 11.4 Å². The van der Waals surface area contributed by atoms with Crippen molar-refractivity contribution in [2.45, 2.75) is 13.3 Å². The Morgan fingerprint density at radius 3 is 3.00 bits per heavy atom. The molecule has 1 aliphatic rings. The number of esters is 1. The molecule has 0 saturated carbocycles. The minimum Gasteiger partial charge on any atom is -0.462 e. The molecule has 1 saturated heterocycles. The minimum atomic E-state index is -0.389. The average Bonchev–Trinajstić information content (AvgIpc) is 2.63. The number of hydrogen-bond acceptors (Lipinski definition) is 5. The van der Waals surface area contributed by atoms with Gasteiger partial charge in [0.15, 0.2) is 0 Å². The van der Waals surface area contributed by atoms with E-state index in [1.54, 1.807) is 25.1 Å². The number of anilines is 2. The molecule has 0 bridgehead atoms. The summed E-state index contributed by atoms with van der Waals surface area (Å²) in [6, 6.07) is 5.03. The first-order valence-corrected chi connectivity index (χ1v) is 6.70. The van der Waals surface area contributed by atoms with E-state index in [0.717, 1.165) is 18.7 Å². The highest BCUT2D eigenvalue weighted by atomic mass is 16.5. The number of nitrogens with zero attached hydrogens (tertiary/aromatic N) is 1. The number of nitrogens with two attached hydrogens (primary N) is 1. The first kappa shape index (κ1) is 14.2. The van der Waals surface area contributed by atoms with Gasteiger partial charge in [-0.1, -0.05) is 0 Å². The molecular formula is C14H19N3O3. The molecule has 0 unspecified atom stereocenters. The van der Waals surface area contributed by atoms with Crippen LogP contribution in [0.3, 0.4) is 0 Å². The topological polar surface area (TPSA) is 84.7 Å². The molecule has 0 spiro atoms. The van der Waals surface area contributed by atoms with E-state index in [1.807, 2.05) is 4.90 Å². The van der Waals surface area contributed by atoms with Gasteiger partial charge in [0, 0.05) is 13.1 Å². The highest BCUT2D eigenvalue weighted by Crippen LogP contribution is 2.25. The number of carbonyl (C=O) groups excluding carboxylic acids is 2. The van der Waals surface area contributed by atoms with Crippen LogP contribution >= 0.6 is 0 Å². The molecule has 6 heteroatoms. The monoisotopic (exact) mass is 277 g/mol. The molecule has 2 rings (SSSR count). The van der Waals surface area contributed by atoms with Crippen molar-refractivity contribution < 1.29 is 14.3 Å². The zero-order valence-electron chi connectivity index (χ0n) is 11.5. The van der Waals surface area contributed by atoms with E-state index in [0.29, 0.717) is 24.4 Å². The molecule has 1 fully saturated rings. The Labute approximate surface area is 117 Å². The fourth-order valence-electron chi connectivity index (χ4n) is 2.20. The van der Waals surface area contributed by atoms with Crippen molar-refractivity contribution in [1.82, 2.24) is 5.32 Å². The van der Waals surface area contributed by atoms with Crippen LogP contribution in [0.1, 0.15) is 23.7 Å². The van der Waals surface area contributed by atoms with Gasteiger partial charge in [0.05, 0.1) is 30.1 Å². The Morgan fingerprint density at radius 2 is 2.30 bits per heavy atom. The van der Waals surface area contributed by atoms with Gasteiger partial charge in [-0.15, -0.1) is 0 Å². The molecule has 1 heterocycles. The Hall–Kier alpha value is -2.24. The molecule has 20 heavy (non-hydrogen) atoms. The SMILES string of the molecule is CCOC(=O)c1ccc(N2CCCNC(=O)C2)c(N)c1. The van der Waals surface area contributed by atoms with Crippen molar-refractivity contribution in [3.05, 3.63) is 23.8 Å². The van der Waals surface area contributed by atoms with Crippen molar-refractivity contribution in [2.75, 3.05) is 36.9 Å². The molecule has 108 valence electrons. The molecule has 6 nitrogen and oxygen atoms in total. The van der Waals surface area contributed by atoms with Crippen molar-refractivity contribution in [2.24, 2.45) is 0 Å². The Morgan fingerprint density at radius 1 is 1.50 bits per heavy atom. The number of hydrogen-bond donors (Lipinski definition) is 2. The fraction of sp³-hybridized carbons (Fsp3) is 0.429. The van der Waals surface area contributed by atoms with E-state index in [1.165, 1.54) is 0 Å². The molecule has 1 amide bonds. The molecule has 0 radical (unpaired) electrons. The van der Waals surface area contributed by atoms with E-state index in [2.05, 4.69) is 5.32 Å². The summed E-state index contributed by atoms with van der Waals surface area (Å²) < 4.78 is 4.93. The zero-order chi connectivity index (χ0) is 14.5. The first-order chi connectivity index (χ1) is 9.61. The lowest BCUT2D eigenvalue weighted by molar-refractivity contribution is -0.119.